The highest BCUT2D eigenvalue weighted by Gasteiger charge is 2.12. The molecule has 0 fully saturated rings. The number of ether oxygens (including phenoxy) is 1. The molecule has 3 rings (SSSR count). The molecule has 0 bridgehead atoms. The first-order chi connectivity index (χ1) is 10.3. The van der Waals surface area contributed by atoms with Crippen LogP contribution in [0.3, 0.4) is 0 Å². The highest BCUT2D eigenvalue weighted by molar-refractivity contribution is 5.94. The Hall–Kier alpha value is -2.96. The molecule has 0 unspecified atom stereocenters. The van der Waals surface area contributed by atoms with E-state index in [1.165, 1.54) is 7.11 Å². The molecule has 0 aliphatic carbocycles. The lowest BCUT2D eigenvalue weighted by Crippen LogP contribution is -2.23. The second-order valence-electron chi connectivity index (χ2n) is 4.30. The third-order valence-electron chi connectivity index (χ3n) is 3.00. The van der Waals surface area contributed by atoms with Gasteiger partial charge in [0, 0.05) is 18.0 Å². The van der Waals surface area contributed by atoms with Gasteiger partial charge in [0.15, 0.2) is 5.82 Å². The molecule has 2 heterocycles. The second kappa shape index (κ2) is 5.58. The van der Waals surface area contributed by atoms with Gasteiger partial charge >= 0.3 is 0 Å². The number of carbonyl (C=O) groups is 1. The van der Waals surface area contributed by atoms with Gasteiger partial charge in [-0.05, 0) is 12.1 Å². The van der Waals surface area contributed by atoms with Gasteiger partial charge in [0.2, 0.25) is 5.65 Å². The molecule has 0 radical (unpaired) electrons. The van der Waals surface area contributed by atoms with Crippen molar-refractivity contribution in [3.05, 3.63) is 54.1 Å². The second-order valence-corrected chi connectivity index (χ2v) is 4.30. The molecule has 0 spiro atoms. The van der Waals surface area contributed by atoms with Crippen LogP contribution < -0.4 is 10.1 Å². The maximum absolute atomic E-state index is 12.0. The number of benzene rings is 1. The predicted molar refractivity (Wildman–Crippen MR) is 74.9 cm³/mol. The number of hydrogen-bond acceptors (Lipinski definition) is 5. The minimum atomic E-state index is -0.159. The van der Waals surface area contributed by atoms with Crippen LogP contribution in [0.25, 0.3) is 5.65 Å². The van der Waals surface area contributed by atoms with Crippen LogP contribution in [0.5, 0.6) is 5.88 Å². The number of nitrogens with one attached hydrogen (secondary N) is 1. The molecule has 2 aromatic heterocycles. The molecular formula is C14H13N5O2. The van der Waals surface area contributed by atoms with Crippen LogP contribution in [0, 0.1) is 0 Å². The quantitative estimate of drug-likeness (QED) is 0.774. The van der Waals surface area contributed by atoms with Crippen molar-refractivity contribution in [1.29, 1.82) is 0 Å². The van der Waals surface area contributed by atoms with Gasteiger partial charge in [-0.25, -0.2) is 4.98 Å². The smallest absolute Gasteiger partial charge is 0.260 e. The summed E-state index contributed by atoms with van der Waals surface area (Å²) in [5, 5.41) is 10.9. The Morgan fingerprint density at radius 1 is 1.29 bits per heavy atom. The Kier molecular flexibility index (Phi) is 3.46. The summed E-state index contributed by atoms with van der Waals surface area (Å²) in [5.74, 6) is 0.842. The summed E-state index contributed by atoms with van der Waals surface area (Å²) in [4.78, 5) is 16.0. The van der Waals surface area contributed by atoms with E-state index in [1.807, 2.05) is 18.2 Å². The molecule has 1 amide bonds. The third kappa shape index (κ3) is 2.53. The summed E-state index contributed by atoms with van der Waals surface area (Å²) in [7, 11) is 1.52. The maximum Gasteiger partial charge on any atom is 0.260 e. The van der Waals surface area contributed by atoms with Gasteiger partial charge in [0.25, 0.3) is 11.8 Å². The average Bonchev–Trinajstić information content (AvgIpc) is 2.96. The average molecular weight is 283 g/mol. The van der Waals surface area contributed by atoms with Crippen molar-refractivity contribution in [3.8, 4) is 5.88 Å². The maximum atomic E-state index is 12.0. The van der Waals surface area contributed by atoms with Crippen molar-refractivity contribution < 1.29 is 9.53 Å². The molecule has 0 saturated heterocycles. The molecule has 106 valence electrons. The Bertz CT molecular complexity index is 769. The van der Waals surface area contributed by atoms with Crippen molar-refractivity contribution in [2.45, 2.75) is 6.54 Å². The number of amides is 1. The van der Waals surface area contributed by atoms with Gasteiger partial charge in [-0.1, -0.05) is 18.2 Å². The van der Waals surface area contributed by atoms with Crippen LogP contribution in [0.2, 0.25) is 0 Å². The standard InChI is InChI=1S/C14H13N5O2/c1-21-14-12-18-17-11(19(12)8-7-15-14)9-16-13(20)10-5-3-2-4-6-10/h2-8H,9H2,1H3,(H,16,20). The molecule has 1 N–H and O–H groups in total. The van der Waals surface area contributed by atoms with E-state index in [0.717, 1.165) is 0 Å². The number of rotatable bonds is 4. The van der Waals surface area contributed by atoms with Crippen LogP contribution in [0.4, 0.5) is 0 Å². The van der Waals surface area contributed by atoms with Crippen LogP contribution >= 0.6 is 0 Å². The molecule has 7 heteroatoms. The first-order valence-electron chi connectivity index (χ1n) is 6.35. The fraction of sp³-hybridized carbons (Fsp3) is 0.143. The molecule has 0 aliphatic rings. The zero-order valence-electron chi connectivity index (χ0n) is 11.4. The van der Waals surface area contributed by atoms with E-state index in [0.29, 0.717) is 22.9 Å². The highest BCUT2D eigenvalue weighted by Crippen LogP contribution is 2.13. The Labute approximate surface area is 120 Å². The largest absolute Gasteiger partial charge is 0.478 e. The van der Waals surface area contributed by atoms with Crippen molar-refractivity contribution in [1.82, 2.24) is 24.9 Å². The monoisotopic (exact) mass is 283 g/mol. The van der Waals surface area contributed by atoms with Crippen molar-refractivity contribution in [2.75, 3.05) is 7.11 Å². The SMILES string of the molecule is COc1nccn2c(CNC(=O)c3ccccc3)nnc12. The number of fused-ring (bicyclic) bond motifs is 1. The summed E-state index contributed by atoms with van der Waals surface area (Å²) in [6.45, 7) is 0.266. The van der Waals surface area contributed by atoms with Gasteiger partial charge in [0.05, 0.1) is 13.7 Å². The van der Waals surface area contributed by atoms with E-state index in [2.05, 4.69) is 20.5 Å². The number of methoxy groups -OCH3 is 1. The number of nitrogens with zero attached hydrogens (tertiary/aromatic N) is 4. The fourth-order valence-electron chi connectivity index (χ4n) is 1.97. The van der Waals surface area contributed by atoms with Gasteiger partial charge in [-0.3, -0.25) is 9.20 Å². The van der Waals surface area contributed by atoms with Crippen LogP contribution in [-0.2, 0) is 6.54 Å². The Morgan fingerprint density at radius 2 is 2.10 bits per heavy atom. The lowest BCUT2D eigenvalue weighted by Gasteiger charge is -2.04. The molecule has 21 heavy (non-hydrogen) atoms. The van der Waals surface area contributed by atoms with Crippen molar-refractivity contribution in [3.63, 3.8) is 0 Å². The Morgan fingerprint density at radius 3 is 2.86 bits per heavy atom. The lowest BCUT2D eigenvalue weighted by molar-refractivity contribution is 0.0950. The van der Waals surface area contributed by atoms with E-state index in [1.54, 1.807) is 28.9 Å². The summed E-state index contributed by atoms with van der Waals surface area (Å²) in [5.41, 5.74) is 1.12. The highest BCUT2D eigenvalue weighted by atomic mass is 16.5. The van der Waals surface area contributed by atoms with Crippen molar-refractivity contribution >= 4 is 11.6 Å². The molecule has 3 aromatic rings. The van der Waals surface area contributed by atoms with Crippen LogP contribution in [-0.4, -0.2) is 32.6 Å². The van der Waals surface area contributed by atoms with Crippen molar-refractivity contribution in [2.24, 2.45) is 0 Å². The van der Waals surface area contributed by atoms with E-state index in [-0.39, 0.29) is 12.5 Å². The topological polar surface area (TPSA) is 81.4 Å². The van der Waals surface area contributed by atoms with E-state index >= 15 is 0 Å². The molecule has 7 nitrogen and oxygen atoms in total. The van der Waals surface area contributed by atoms with Gasteiger partial charge in [0.1, 0.15) is 0 Å². The predicted octanol–water partition coefficient (Wildman–Crippen LogP) is 1.06. The molecule has 0 atom stereocenters. The first-order valence-corrected chi connectivity index (χ1v) is 6.35. The van der Waals surface area contributed by atoms with E-state index in [4.69, 9.17) is 4.74 Å². The zero-order valence-corrected chi connectivity index (χ0v) is 11.4. The number of carbonyl (C=O) groups excluding carboxylic acids is 1. The number of hydrogen-bond donors (Lipinski definition) is 1. The van der Waals surface area contributed by atoms with Gasteiger partial charge in [-0.15, -0.1) is 10.2 Å². The van der Waals surface area contributed by atoms with Crippen LogP contribution in [0.1, 0.15) is 16.2 Å². The molecule has 0 saturated carbocycles. The van der Waals surface area contributed by atoms with E-state index in [9.17, 15) is 4.79 Å². The summed E-state index contributed by atoms with van der Waals surface area (Å²) < 4.78 is 6.85. The number of aromatic nitrogens is 4. The molecular weight excluding hydrogens is 270 g/mol. The molecule has 0 aliphatic heterocycles. The summed E-state index contributed by atoms with van der Waals surface area (Å²) in [6, 6.07) is 9.01. The molecule has 1 aromatic carbocycles. The normalized spacial score (nSPS) is 10.5. The fourth-order valence-corrected chi connectivity index (χ4v) is 1.97. The zero-order chi connectivity index (χ0) is 14.7. The van der Waals surface area contributed by atoms with Gasteiger partial charge < -0.3 is 10.1 Å². The minimum Gasteiger partial charge on any atom is -0.478 e. The van der Waals surface area contributed by atoms with Crippen LogP contribution in [0.15, 0.2) is 42.7 Å². The lowest BCUT2D eigenvalue weighted by atomic mass is 10.2. The minimum absolute atomic E-state index is 0.159. The third-order valence-corrected chi connectivity index (χ3v) is 3.00. The summed E-state index contributed by atoms with van der Waals surface area (Å²) >= 11 is 0. The van der Waals surface area contributed by atoms with E-state index < -0.39 is 0 Å². The summed E-state index contributed by atoms with van der Waals surface area (Å²) in [6.07, 6.45) is 3.32. The van der Waals surface area contributed by atoms with Gasteiger partial charge in [-0.2, -0.15) is 0 Å². The first kappa shape index (κ1) is 13.0. The Balaban J connectivity index is 1.79.